The molecule has 0 fully saturated rings. The number of phenols is 1. The molecule has 0 atom stereocenters. The van der Waals surface area contributed by atoms with Crippen LogP contribution in [0.15, 0.2) is 35.3 Å². The van der Waals surface area contributed by atoms with Crippen molar-refractivity contribution in [2.45, 2.75) is 0 Å². The van der Waals surface area contributed by atoms with Crippen molar-refractivity contribution in [3.8, 4) is 5.75 Å². The highest BCUT2D eigenvalue weighted by atomic mass is 32.2. The van der Waals surface area contributed by atoms with Gasteiger partial charge in [0, 0.05) is 16.3 Å². The zero-order valence-electron chi connectivity index (χ0n) is 8.19. The molecule has 3 rings (SSSR count). The molecule has 15 heavy (non-hydrogen) atoms. The molecule has 0 saturated carbocycles. The first-order valence-corrected chi connectivity index (χ1v) is 5.91. The summed E-state index contributed by atoms with van der Waals surface area (Å²) in [6.45, 7) is 0. The van der Waals surface area contributed by atoms with Gasteiger partial charge >= 0.3 is 0 Å². The summed E-state index contributed by atoms with van der Waals surface area (Å²) in [5.41, 5.74) is 2.09. The monoisotopic (exact) mass is 215 g/mol. The van der Waals surface area contributed by atoms with Crippen LogP contribution in [0, 0.1) is 0 Å². The van der Waals surface area contributed by atoms with Crippen molar-refractivity contribution in [1.29, 1.82) is 0 Å². The first kappa shape index (κ1) is 8.80. The number of nitrogens with zero attached hydrogens (tertiary/aromatic N) is 1. The van der Waals surface area contributed by atoms with Crippen LogP contribution in [-0.4, -0.2) is 16.4 Å². The van der Waals surface area contributed by atoms with E-state index in [1.165, 1.54) is 0 Å². The van der Waals surface area contributed by atoms with Crippen molar-refractivity contribution in [2.75, 3.05) is 6.26 Å². The Hall–Kier alpha value is -1.48. The molecule has 0 radical (unpaired) electrons. The minimum absolute atomic E-state index is 0.327. The van der Waals surface area contributed by atoms with E-state index in [0.29, 0.717) is 5.75 Å². The number of hydrogen-bond donors (Lipinski definition) is 1. The second kappa shape index (κ2) is 3.00. The standard InChI is InChI=1S/C12H9NOS/c1-15-12-8-4-2-3-7-10(14)6-5-9(13-12)11(7)8/h2-6,14H,1H3. The van der Waals surface area contributed by atoms with Crippen LogP contribution >= 0.6 is 11.8 Å². The van der Waals surface area contributed by atoms with Crippen LogP contribution in [0.5, 0.6) is 5.75 Å². The first-order valence-electron chi connectivity index (χ1n) is 4.69. The van der Waals surface area contributed by atoms with E-state index in [-0.39, 0.29) is 0 Å². The van der Waals surface area contributed by atoms with E-state index in [0.717, 1.165) is 27.1 Å². The quantitative estimate of drug-likeness (QED) is 0.731. The molecule has 0 saturated heterocycles. The van der Waals surface area contributed by atoms with Gasteiger partial charge in [-0.05, 0) is 18.4 Å². The maximum Gasteiger partial charge on any atom is 0.123 e. The molecular weight excluding hydrogens is 206 g/mol. The average molecular weight is 215 g/mol. The van der Waals surface area contributed by atoms with Crippen LogP contribution in [0.2, 0.25) is 0 Å². The van der Waals surface area contributed by atoms with E-state index in [9.17, 15) is 5.11 Å². The Morgan fingerprint density at radius 1 is 1.20 bits per heavy atom. The molecular formula is C12H9NOS. The zero-order chi connectivity index (χ0) is 10.4. The number of rotatable bonds is 0. The summed E-state index contributed by atoms with van der Waals surface area (Å²) >= 11 is 1.64. The molecule has 3 heteroatoms. The Labute approximate surface area is 91.6 Å². The topological polar surface area (TPSA) is 32.6 Å². The highest BCUT2D eigenvalue weighted by molar-refractivity contribution is 8.13. The van der Waals surface area contributed by atoms with Crippen molar-refractivity contribution in [3.05, 3.63) is 35.9 Å². The van der Waals surface area contributed by atoms with Crippen molar-refractivity contribution in [1.82, 2.24) is 0 Å². The first-order chi connectivity index (χ1) is 7.31. The summed E-state index contributed by atoms with van der Waals surface area (Å²) in [5, 5.41) is 12.7. The predicted molar refractivity (Wildman–Crippen MR) is 65.3 cm³/mol. The van der Waals surface area contributed by atoms with Gasteiger partial charge < -0.3 is 5.11 Å². The molecule has 74 valence electrons. The second-order valence-corrected chi connectivity index (χ2v) is 4.25. The van der Waals surface area contributed by atoms with Crippen LogP contribution in [0.3, 0.4) is 0 Å². The number of aromatic hydroxyl groups is 1. The predicted octanol–water partition coefficient (Wildman–Crippen LogP) is 3.30. The number of benzene rings is 2. The van der Waals surface area contributed by atoms with Gasteiger partial charge in [0.15, 0.2) is 0 Å². The lowest BCUT2D eigenvalue weighted by Gasteiger charge is -2.02. The molecule has 2 aromatic carbocycles. The SMILES string of the molecule is CSC1=Nc2ccc(O)c3cccc1c23. The molecule has 0 aliphatic carbocycles. The summed E-state index contributed by atoms with van der Waals surface area (Å²) in [6.07, 6.45) is 2.02. The van der Waals surface area contributed by atoms with Gasteiger partial charge in [-0.1, -0.05) is 18.2 Å². The number of phenolic OH excluding ortho intramolecular Hbond substituents is 1. The molecule has 0 bridgehead atoms. The van der Waals surface area contributed by atoms with Gasteiger partial charge in [-0.2, -0.15) is 0 Å². The van der Waals surface area contributed by atoms with Gasteiger partial charge in [0.2, 0.25) is 0 Å². The normalized spacial score (nSPS) is 13.3. The average Bonchev–Trinajstić information content (AvgIpc) is 2.64. The van der Waals surface area contributed by atoms with E-state index in [2.05, 4.69) is 4.99 Å². The third-order valence-corrected chi connectivity index (χ3v) is 3.34. The largest absolute Gasteiger partial charge is 0.507 e. The van der Waals surface area contributed by atoms with Gasteiger partial charge in [0.1, 0.15) is 10.8 Å². The maximum absolute atomic E-state index is 9.75. The fourth-order valence-electron chi connectivity index (χ4n) is 1.97. The zero-order valence-corrected chi connectivity index (χ0v) is 9.01. The maximum atomic E-state index is 9.75. The van der Waals surface area contributed by atoms with Crippen LogP contribution in [0.25, 0.3) is 10.8 Å². The van der Waals surface area contributed by atoms with Crippen molar-refractivity contribution < 1.29 is 5.11 Å². The smallest absolute Gasteiger partial charge is 0.123 e. The third-order valence-electron chi connectivity index (χ3n) is 2.64. The molecule has 0 amide bonds. The van der Waals surface area contributed by atoms with Gasteiger partial charge in [0.25, 0.3) is 0 Å². The molecule has 1 heterocycles. The molecule has 1 aliphatic rings. The molecule has 1 aliphatic heterocycles. The van der Waals surface area contributed by atoms with E-state index in [4.69, 9.17) is 0 Å². The van der Waals surface area contributed by atoms with Gasteiger partial charge in [0.05, 0.1) is 5.69 Å². The van der Waals surface area contributed by atoms with Gasteiger partial charge in [-0.25, -0.2) is 4.99 Å². The molecule has 1 N–H and O–H groups in total. The highest BCUT2D eigenvalue weighted by Crippen LogP contribution is 2.41. The number of hydrogen-bond acceptors (Lipinski definition) is 3. The van der Waals surface area contributed by atoms with E-state index in [1.54, 1.807) is 17.8 Å². The lowest BCUT2D eigenvalue weighted by molar-refractivity contribution is 0.481. The van der Waals surface area contributed by atoms with E-state index >= 15 is 0 Å². The van der Waals surface area contributed by atoms with Crippen LogP contribution in [0.1, 0.15) is 5.56 Å². The van der Waals surface area contributed by atoms with Crippen molar-refractivity contribution >= 4 is 33.3 Å². The molecule has 0 spiro atoms. The van der Waals surface area contributed by atoms with Crippen LogP contribution in [-0.2, 0) is 0 Å². The second-order valence-electron chi connectivity index (χ2n) is 3.45. The Balaban J connectivity index is 2.47. The van der Waals surface area contributed by atoms with Crippen LogP contribution < -0.4 is 0 Å². The number of aliphatic imine (C=N–C) groups is 1. The van der Waals surface area contributed by atoms with E-state index in [1.807, 2.05) is 30.5 Å². The van der Waals surface area contributed by atoms with Crippen molar-refractivity contribution in [3.63, 3.8) is 0 Å². The summed E-state index contributed by atoms with van der Waals surface area (Å²) in [6, 6.07) is 9.50. The molecule has 0 aromatic heterocycles. The fourth-order valence-corrected chi connectivity index (χ4v) is 2.55. The van der Waals surface area contributed by atoms with E-state index < -0.39 is 0 Å². The summed E-state index contributed by atoms with van der Waals surface area (Å²) < 4.78 is 0. The van der Waals surface area contributed by atoms with Crippen molar-refractivity contribution in [2.24, 2.45) is 4.99 Å². The minimum atomic E-state index is 0.327. The Morgan fingerprint density at radius 3 is 2.87 bits per heavy atom. The third kappa shape index (κ3) is 1.10. The minimum Gasteiger partial charge on any atom is -0.507 e. The van der Waals surface area contributed by atoms with Gasteiger partial charge in [-0.15, -0.1) is 11.8 Å². The lowest BCUT2D eigenvalue weighted by atomic mass is 10.0. The highest BCUT2D eigenvalue weighted by Gasteiger charge is 2.18. The van der Waals surface area contributed by atoms with Gasteiger partial charge in [-0.3, -0.25) is 0 Å². The molecule has 0 unspecified atom stereocenters. The Kier molecular flexibility index (Phi) is 1.76. The molecule has 2 nitrogen and oxygen atoms in total. The number of thioether (sulfide) groups is 1. The summed E-state index contributed by atoms with van der Waals surface area (Å²) in [4.78, 5) is 4.52. The fraction of sp³-hybridized carbons (Fsp3) is 0.0833. The molecule has 2 aromatic rings. The Morgan fingerprint density at radius 2 is 2.07 bits per heavy atom. The summed E-state index contributed by atoms with van der Waals surface area (Å²) in [7, 11) is 0. The Bertz CT molecular complexity index is 589. The van der Waals surface area contributed by atoms with Crippen LogP contribution in [0.4, 0.5) is 5.69 Å². The lowest BCUT2D eigenvalue weighted by Crippen LogP contribution is -1.89. The summed E-state index contributed by atoms with van der Waals surface area (Å²) in [5.74, 6) is 0.327.